The Morgan fingerprint density at radius 1 is 1.30 bits per heavy atom. The Hall–Kier alpha value is -0.250. The molecule has 1 heterocycles. The minimum atomic E-state index is 0.328. The molecule has 114 valence electrons. The van der Waals surface area contributed by atoms with Crippen molar-refractivity contribution < 1.29 is 0 Å². The molecule has 1 fully saturated rings. The number of aryl methyl sites for hydroxylation is 2. The minimum absolute atomic E-state index is 0.328. The zero-order chi connectivity index (χ0) is 14.5. The van der Waals surface area contributed by atoms with Crippen molar-refractivity contribution in [3.8, 4) is 0 Å². The second-order valence-corrected chi connectivity index (χ2v) is 6.51. The van der Waals surface area contributed by atoms with Gasteiger partial charge in [0.15, 0.2) is 0 Å². The maximum Gasteiger partial charge on any atom is 0.0863 e. The zero-order valence-corrected chi connectivity index (χ0v) is 14.0. The third kappa shape index (κ3) is 3.69. The Morgan fingerprint density at radius 3 is 2.70 bits per heavy atom. The highest BCUT2D eigenvalue weighted by Gasteiger charge is 2.23. The number of halogens is 2. The number of nitrogens with one attached hydrogen (secondary N) is 1. The fourth-order valence-electron chi connectivity index (χ4n) is 2.95. The molecule has 1 aliphatic carbocycles. The molecule has 0 bridgehead atoms. The van der Waals surface area contributed by atoms with E-state index in [-0.39, 0.29) is 0 Å². The standard InChI is InChI=1S/C15H25Cl2N3/c1-3-13-15(17)14(20(4-2)19-13)10-18-9-11-7-5-6-8-12(11)16/h11-12,18H,3-10H2,1-2H3. The van der Waals surface area contributed by atoms with E-state index >= 15 is 0 Å². The third-order valence-corrected chi connectivity index (χ3v) is 5.22. The van der Waals surface area contributed by atoms with Crippen LogP contribution in [0.5, 0.6) is 0 Å². The Labute approximate surface area is 132 Å². The van der Waals surface area contributed by atoms with Crippen LogP contribution in [0.2, 0.25) is 5.02 Å². The lowest BCUT2D eigenvalue weighted by molar-refractivity contribution is 0.347. The second-order valence-electron chi connectivity index (χ2n) is 5.57. The van der Waals surface area contributed by atoms with Crippen molar-refractivity contribution in [2.24, 2.45) is 5.92 Å². The summed E-state index contributed by atoms with van der Waals surface area (Å²) in [6.45, 7) is 6.80. The van der Waals surface area contributed by atoms with E-state index in [1.165, 1.54) is 19.3 Å². The molecule has 2 rings (SSSR count). The van der Waals surface area contributed by atoms with Gasteiger partial charge < -0.3 is 5.32 Å². The monoisotopic (exact) mass is 317 g/mol. The summed E-state index contributed by atoms with van der Waals surface area (Å²) in [5, 5.41) is 9.23. The van der Waals surface area contributed by atoms with Crippen LogP contribution in [0.4, 0.5) is 0 Å². The first-order valence-electron chi connectivity index (χ1n) is 7.76. The van der Waals surface area contributed by atoms with Crippen molar-refractivity contribution in [1.29, 1.82) is 0 Å². The highest BCUT2D eigenvalue weighted by atomic mass is 35.5. The lowest BCUT2D eigenvalue weighted by Gasteiger charge is -2.27. The molecule has 0 aliphatic heterocycles. The van der Waals surface area contributed by atoms with Gasteiger partial charge in [-0.3, -0.25) is 4.68 Å². The van der Waals surface area contributed by atoms with Crippen LogP contribution in [-0.4, -0.2) is 21.7 Å². The molecule has 20 heavy (non-hydrogen) atoms. The average Bonchev–Trinajstić information content (AvgIpc) is 2.77. The van der Waals surface area contributed by atoms with Crippen LogP contribution in [0.3, 0.4) is 0 Å². The Bertz CT molecular complexity index is 431. The number of nitrogens with zero attached hydrogens (tertiary/aromatic N) is 2. The Kier molecular flexibility index (Phi) is 6.19. The van der Waals surface area contributed by atoms with Crippen molar-refractivity contribution in [2.75, 3.05) is 6.54 Å². The summed E-state index contributed by atoms with van der Waals surface area (Å²) in [4.78, 5) is 0. The van der Waals surface area contributed by atoms with E-state index in [1.54, 1.807) is 0 Å². The molecular formula is C15H25Cl2N3. The van der Waals surface area contributed by atoms with Crippen LogP contribution in [0.25, 0.3) is 0 Å². The number of hydrogen-bond acceptors (Lipinski definition) is 2. The van der Waals surface area contributed by atoms with E-state index in [4.69, 9.17) is 23.2 Å². The predicted octanol–water partition coefficient (Wildman–Crippen LogP) is 4.01. The summed E-state index contributed by atoms with van der Waals surface area (Å²) in [5.41, 5.74) is 2.10. The molecule has 1 aliphatic rings. The van der Waals surface area contributed by atoms with E-state index in [0.717, 1.165) is 48.9 Å². The zero-order valence-electron chi connectivity index (χ0n) is 12.5. The minimum Gasteiger partial charge on any atom is -0.311 e. The van der Waals surface area contributed by atoms with Gasteiger partial charge in [0.2, 0.25) is 0 Å². The van der Waals surface area contributed by atoms with Gasteiger partial charge in [0.1, 0.15) is 0 Å². The molecule has 1 aromatic rings. The smallest absolute Gasteiger partial charge is 0.0863 e. The molecule has 5 heteroatoms. The van der Waals surface area contributed by atoms with E-state index in [1.807, 2.05) is 4.68 Å². The van der Waals surface area contributed by atoms with E-state index < -0.39 is 0 Å². The molecule has 2 unspecified atom stereocenters. The molecule has 0 amide bonds. The number of hydrogen-bond donors (Lipinski definition) is 1. The number of alkyl halides is 1. The number of rotatable bonds is 6. The SMILES string of the molecule is CCc1nn(CC)c(CNCC2CCCCC2Cl)c1Cl. The van der Waals surface area contributed by atoms with E-state index in [0.29, 0.717) is 11.3 Å². The van der Waals surface area contributed by atoms with Crippen molar-refractivity contribution in [1.82, 2.24) is 15.1 Å². The van der Waals surface area contributed by atoms with Crippen LogP contribution in [0.1, 0.15) is 50.9 Å². The van der Waals surface area contributed by atoms with Gasteiger partial charge in [-0.2, -0.15) is 5.10 Å². The number of aromatic nitrogens is 2. The summed E-state index contributed by atoms with van der Waals surface area (Å²) in [6, 6.07) is 0. The summed E-state index contributed by atoms with van der Waals surface area (Å²) in [7, 11) is 0. The van der Waals surface area contributed by atoms with Gasteiger partial charge in [0.05, 0.1) is 16.4 Å². The molecule has 0 saturated heterocycles. The van der Waals surface area contributed by atoms with Crippen molar-refractivity contribution in [2.45, 2.75) is 64.4 Å². The van der Waals surface area contributed by atoms with Gasteiger partial charge >= 0.3 is 0 Å². The topological polar surface area (TPSA) is 29.9 Å². The van der Waals surface area contributed by atoms with Crippen molar-refractivity contribution in [3.05, 3.63) is 16.4 Å². The lowest BCUT2D eigenvalue weighted by Crippen LogP contribution is -2.31. The molecule has 1 saturated carbocycles. The average molecular weight is 318 g/mol. The van der Waals surface area contributed by atoms with Gasteiger partial charge in [-0.15, -0.1) is 11.6 Å². The predicted molar refractivity (Wildman–Crippen MR) is 85.6 cm³/mol. The van der Waals surface area contributed by atoms with E-state index in [9.17, 15) is 0 Å². The van der Waals surface area contributed by atoms with Crippen LogP contribution in [0.15, 0.2) is 0 Å². The van der Waals surface area contributed by atoms with Gasteiger partial charge in [-0.25, -0.2) is 0 Å². The fourth-order valence-corrected chi connectivity index (χ4v) is 3.66. The van der Waals surface area contributed by atoms with Gasteiger partial charge in [-0.05, 0) is 38.6 Å². The molecule has 0 aromatic carbocycles. The highest BCUT2D eigenvalue weighted by molar-refractivity contribution is 6.31. The molecule has 3 nitrogen and oxygen atoms in total. The molecule has 0 spiro atoms. The van der Waals surface area contributed by atoms with Crippen LogP contribution >= 0.6 is 23.2 Å². The van der Waals surface area contributed by atoms with Gasteiger partial charge in [0, 0.05) is 18.5 Å². The quantitative estimate of drug-likeness (QED) is 0.803. The lowest BCUT2D eigenvalue weighted by atomic mass is 9.89. The fraction of sp³-hybridized carbons (Fsp3) is 0.800. The van der Waals surface area contributed by atoms with E-state index in [2.05, 4.69) is 24.3 Å². The highest BCUT2D eigenvalue weighted by Crippen LogP contribution is 2.28. The van der Waals surface area contributed by atoms with Crippen molar-refractivity contribution in [3.63, 3.8) is 0 Å². The third-order valence-electron chi connectivity index (χ3n) is 4.21. The first-order chi connectivity index (χ1) is 9.67. The maximum atomic E-state index is 6.41. The first kappa shape index (κ1) is 16.1. The largest absolute Gasteiger partial charge is 0.311 e. The van der Waals surface area contributed by atoms with Crippen LogP contribution < -0.4 is 5.32 Å². The summed E-state index contributed by atoms with van der Waals surface area (Å²) < 4.78 is 2.01. The molecule has 0 radical (unpaired) electrons. The molecule has 2 atom stereocenters. The van der Waals surface area contributed by atoms with Gasteiger partial charge in [0.25, 0.3) is 0 Å². The summed E-state index contributed by atoms with van der Waals surface area (Å²) >= 11 is 12.8. The first-order valence-corrected chi connectivity index (χ1v) is 8.57. The van der Waals surface area contributed by atoms with Crippen molar-refractivity contribution >= 4 is 23.2 Å². The summed E-state index contributed by atoms with van der Waals surface area (Å²) in [5.74, 6) is 0.591. The Balaban J connectivity index is 1.91. The normalized spacial score (nSPS) is 23.2. The second kappa shape index (κ2) is 7.67. The maximum absolute atomic E-state index is 6.41. The van der Waals surface area contributed by atoms with Gasteiger partial charge in [-0.1, -0.05) is 31.4 Å². The molecule has 1 aromatic heterocycles. The molecule has 1 N–H and O–H groups in total. The van der Waals surface area contributed by atoms with Crippen LogP contribution in [0, 0.1) is 5.92 Å². The Morgan fingerprint density at radius 2 is 2.05 bits per heavy atom. The summed E-state index contributed by atoms with van der Waals surface area (Å²) in [6.07, 6.45) is 5.86. The molecular weight excluding hydrogens is 293 g/mol. The van der Waals surface area contributed by atoms with Crippen LogP contribution in [-0.2, 0) is 19.5 Å².